The van der Waals surface area contributed by atoms with Crippen LogP contribution < -0.4 is 9.64 Å². The minimum absolute atomic E-state index is 0.175. The van der Waals surface area contributed by atoms with Gasteiger partial charge in [0.2, 0.25) is 11.8 Å². The van der Waals surface area contributed by atoms with Crippen LogP contribution in [0.4, 0.5) is 5.69 Å². The Morgan fingerprint density at radius 1 is 1.07 bits per heavy atom. The van der Waals surface area contributed by atoms with E-state index in [4.69, 9.17) is 17.0 Å². The van der Waals surface area contributed by atoms with Gasteiger partial charge in [-0.25, -0.2) is 4.90 Å². The number of carbonyl (C=O) groups excluding carboxylic acids is 2. The van der Waals surface area contributed by atoms with Gasteiger partial charge in [-0.2, -0.15) is 0 Å². The van der Waals surface area contributed by atoms with Crippen LogP contribution in [-0.4, -0.2) is 29.2 Å². The highest BCUT2D eigenvalue weighted by Gasteiger charge is 2.56. The lowest BCUT2D eigenvalue weighted by Crippen LogP contribution is -2.32. The second-order valence-electron chi connectivity index (χ2n) is 7.01. The van der Waals surface area contributed by atoms with Crippen LogP contribution in [0, 0.1) is 9.87 Å². The zero-order valence-corrected chi connectivity index (χ0v) is 19.7. The van der Waals surface area contributed by atoms with Crippen molar-refractivity contribution in [1.29, 1.82) is 0 Å². The molecule has 5 rings (SSSR count). The van der Waals surface area contributed by atoms with Gasteiger partial charge in [0.05, 0.1) is 23.7 Å². The summed E-state index contributed by atoms with van der Waals surface area (Å²) < 4.78 is 6.82. The average molecular weight is 519 g/mol. The number of aromatic amines is 1. The second-order valence-corrected chi connectivity index (χ2v) is 10.8. The molecule has 9 heteroatoms. The zero-order valence-electron chi connectivity index (χ0n) is 15.6. The van der Waals surface area contributed by atoms with E-state index in [0.717, 1.165) is 25.7 Å². The number of thioether (sulfide) groups is 1. The summed E-state index contributed by atoms with van der Waals surface area (Å²) >= 11 is 11.7. The van der Waals surface area contributed by atoms with Crippen molar-refractivity contribution in [2.24, 2.45) is 5.92 Å². The molecule has 0 spiro atoms. The van der Waals surface area contributed by atoms with E-state index in [1.54, 1.807) is 19.2 Å². The van der Waals surface area contributed by atoms with E-state index in [1.165, 1.54) is 28.0 Å². The lowest BCUT2D eigenvalue weighted by molar-refractivity contribution is -0.122. The highest BCUT2D eigenvalue weighted by molar-refractivity contribution is 9.10. The number of anilines is 1. The predicted octanol–water partition coefficient (Wildman–Crippen LogP) is 5.37. The summed E-state index contributed by atoms with van der Waals surface area (Å²) in [5.74, 6) is -0.356. The summed E-state index contributed by atoms with van der Waals surface area (Å²) in [6.07, 6.45) is 0. The number of methoxy groups -OCH3 is 1. The largest absolute Gasteiger partial charge is 0.497 e. The number of nitrogens with one attached hydrogen (secondary N) is 1. The van der Waals surface area contributed by atoms with E-state index >= 15 is 0 Å². The Balaban J connectivity index is 1.63. The molecule has 0 saturated carbocycles. The number of ether oxygens (including phenoxy) is 1. The molecule has 0 aliphatic carbocycles. The van der Waals surface area contributed by atoms with Gasteiger partial charge < -0.3 is 9.72 Å². The second kappa shape index (κ2) is 7.64. The Bertz CT molecular complexity index is 1200. The van der Waals surface area contributed by atoms with E-state index in [1.807, 2.05) is 36.4 Å². The van der Waals surface area contributed by atoms with Crippen LogP contribution in [0.2, 0.25) is 0 Å². The lowest BCUT2D eigenvalue weighted by atomic mass is 9.83. The maximum Gasteiger partial charge on any atom is 0.248 e. The summed E-state index contributed by atoms with van der Waals surface area (Å²) in [5, 5.41) is 0.381. The number of hydrogen-bond donors (Lipinski definition) is 1. The fourth-order valence-corrected chi connectivity index (χ4v) is 7.26. The molecule has 3 atom stereocenters. The number of aromatic nitrogens is 1. The number of thiazole rings is 1. The van der Waals surface area contributed by atoms with Crippen molar-refractivity contribution in [2.75, 3.05) is 12.0 Å². The van der Waals surface area contributed by atoms with Gasteiger partial charge >= 0.3 is 0 Å². The summed E-state index contributed by atoms with van der Waals surface area (Å²) in [7, 11) is 1.62. The smallest absolute Gasteiger partial charge is 0.248 e. The number of hydrogen-bond acceptors (Lipinski definition) is 6. The van der Waals surface area contributed by atoms with E-state index in [9.17, 15) is 9.59 Å². The topological polar surface area (TPSA) is 62.4 Å². The molecule has 5 nitrogen and oxygen atoms in total. The third-order valence-electron chi connectivity index (χ3n) is 5.38. The van der Waals surface area contributed by atoms with E-state index in [2.05, 4.69) is 20.9 Å². The van der Waals surface area contributed by atoms with Gasteiger partial charge in [0, 0.05) is 15.3 Å². The van der Waals surface area contributed by atoms with Gasteiger partial charge in [-0.05, 0) is 54.2 Å². The highest BCUT2D eigenvalue weighted by atomic mass is 79.9. The third kappa shape index (κ3) is 3.15. The normalized spacial score (nSPS) is 22.7. The Labute approximate surface area is 194 Å². The molecule has 0 unspecified atom stereocenters. The van der Waals surface area contributed by atoms with Crippen molar-refractivity contribution in [3.8, 4) is 5.75 Å². The van der Waals surface area contributed by atoms with Gasteiger partial charge in [0.25, 0.3) is 0 Å². The Kier molecular flexibility index (Phi) is 5.09. The summed E-state index contributed by atoms with van der Waals surface area (Å²) in [5.41, 5.74) is 1.56. The van der Waals surface area contributed by atoms with Crippen molar-refractivity contribution in [1.82, 2.24) is 4.98 Å². The average Bonchev–Trinajstić information content (AvgIpc) is 3.24. The van der Waals surface area contributed by atoms with Crippen molar-refractivity contribution < 1.29 is 14.3 Å². The van der Waals surface area contributed by atoms with Crippen molar-refractivity contribution in [3.63, 3.8) is 0 Å². The molecule has 30 heavy (non-hydrogen) atoms. The lowest BCUT2D eigenvalue weighted by Gasteiger charge is -2.30. The predicted molar refractivity (Wildman–Crippen MR) is 124 cm³/mol. The van der Waals surface area contributed by atoms with E-state index in [0.29, 0.717) is 9.64 Å². The number of rotatable bonds is 3. The fraction of sp³-hybridized carbons (Fsp3) is 0.190. The standard InChI is InChI=1S/C21H15BrN2O3S3/c1-27-13-8-2-10(3-9-13)14-15-17(29-18-16(14)30-21(28)23-18)20(26)24(19(15)25)12-6-4-11(22)5-7-12/h2-9,14-15,17H,1H3,(H,23,28)/t14-,15-,17-/m1/s1. The van der Waals surface area contributed by atoms with Crippen molar-refractivity contribution in [2.45, 2.75) is 16.2 Å². The van der Waals surface area contributed by atoms with E-state index in [-0.39, 0.29) is 17.7 Å². The molecule has 2 amide bonds. The van der Waals surface area contributed by atoms with Gasteiger partial charge in [-0.1, -0.05) is 39.8 Å². The molecule has 0 radical (unpaired) electrons. The first-order valence-corrected chi connectivity index (χ1v) is 12.0. The van der Waals surface area contributed by atoms with Crippen LogP contribution in [0.25, 0.3) is 0 Å². The van der Waals surface area contributed by atoms with Crippen LogP contribution in [0.3, 0.4) is 0 Å². The van der Waals surface area contributed by atoms with Crippen molar-refractivity contribution in [3.05, 3.63) is 67.4 Å². The number of nitrogens with zero attached hydrogens (tertiary/aromatic N) is 1. The number of amides is 2. The molecule has 0 bridgehead atoms. The van der Waals surface area contributed by atoms with Crippen LogP contribution in [0.15, 0.2) is 58.0 Å². The van der Waals surface area contributed by atoms with Crippen LogP contribution in [0.1, 0.15) is 16.4 Å². The van der Waals surface area contributed by atoms with Gasteiger partial charge in [0.1, 0.15) is 11.0 Å². The van der Waals surface area contributed by atoms with Gasteiger partial charge in [-0.15, -0.1) is 11.3 Å². The molecular weight excluding hydrogens is 504 g/mol. The third-order valence-corrected chi connectivity index (χ3v) is 8.67. The minimum Gasteiger partial charge on any atom is -0.497 e. The van der Waals surface area contributed by atoms with Crippen LogP contribution >= 0.6 is 51.2 Å². The first-order chi connectivity index (χ1) is 14.5. The van der Waals surface area contributed by atoms with Crippen LogP contribution in [-0.2, 0) is 9.59 Å². The number of fused-ring (bicyclic) bond motifs is 2. The summed E-state index contributed by atoms with van der Waals surface area (Å²) in [6.45, 7) is 0. The van der Waals surface area contributed by atoms with Crippen molar-refractivity contribution >= 4 is 68.7 Å². The molecule has 152 valence electrons. The minimum atomic E-state index is -0.499. The summed E-state index contributed by atoms with van der Waals surface area (Å²) in [6, 6.07) is 14.9. The number of H-pyrrole nitrogens is 1. The maximum atomic E-state index is 13.6. The molecule has 1 aromatic heterocycles. The molecule has 1 saturated heterocycles. The Morgan fingerprint density at radius 2 is 1.77 bits per heavy atom. The van der Waals surface area contributed by atoms with E-state index < -0.39 is 11.2 Å². The molecule has 1 N–H and O–H groups in total. The van der Waals surface area contributed by atoms with Crippen LogP contribution in [0.5, 0.6) is 5.75 Å². The number of halogens is 1. The van der Waals surface area contributed by atoms with Gasteiger partial charge in [-0.3, -0.25) is 9.59 Å². The highest BCUT2D eigenvalue weighted by Crippen LogP contribution is 2.54. The molecule has 2 aromatic carbocycles. The van der Waals surface area contributed by atoms with Gasteiger partial charge in [0.15, 0.2) is 3.95 Å². The first kappa shape index (κ1) is 20.0. The monoisotopic (exact) mass is 518 g/mol. The molecular formula is C21H15BrN2O3S3. The number of carbonyl (C=O) groups is 2. The molecule has 1 fully saturated rings. The molecule has 2 aliphatic rings. The Morgan fingerprint density at radius 3 is 2.43 bits per heavy atom. The molecule has 3 heterocycles. The molecule has 3 aromatic rings. The zero-order chi connectivity index (χ0) is 21.0. The summed E-state index contributed by atoms with van der Waals surface area (Å²) in [4.78, 5) is 32.5. The SMILES string of the molecule is COc1ccc([C@H]2c3sc(=S)[nH]c3S[C@H]3C(=O)N(c4ccc(Br)cc4)C(=O)[C@H]23)cc1. The molecule has 2 aliphatic heterocycles. The quantitative estimate of drug-likeness (QED) is 0.372. The fourth-order valence-electron chi connectivity index (χ4n) is 4.03. The Hall–Kier alpha value is -1.94. The first-order valence-electron chi connectivity index (χ1n) is 9.15. The maximum absolute atomic E-state index is 13.6. The number of benzene rings is 2. The number of imide groups is 1.